The van der Waals surface area contributed by atoms with Crippen LogP contribution in [0.5, 0.6) is 0 Å². The highest BCUT2D eigenvalue weighted by Gasteiger charge is 2.53. The summed E-state index contributed by atoms with van der Waals surface area (Å²) >= 11 is 0. The number of carbonyl (C=O) groups excluding carboxylic acids is 3. The highest BCUT2D eigenvalue weighted by Crippen LogP contribution is 2.44. The van der Waals surface area contributed by atoms with Crippen molar-refractivity contribution in [3.05, 3.63) is 30.3 Å². The number of anilines is 1. The van der Waals surface area contributed by atoms with Crippen LogP contribution in [0, 0.1) is 17.3 Å². The summed E-state index contributed by atoms with van der Waals surface area (Å²) in [5.41, 5.74) is -1.15. The average Bonchev–Trinajstić information content (AvgIpc) is 3.45. The van der Waals surface area contributed by atoms with E-state index >= 15 is 0 Å². The van der Waals surface area contributed by atoms with Gasteiger partial charge in [-0.3, -0.25) is 14.4 Å². The smallest absolute Gasteiger partial charge is 0.309 e. The first-order chi connectivity index (χ1) is 16.3. The van der Waals surface area contributed by atoms with Gasteiger partial charge in [0.25, 0.3) is 5.91 Å². The van der Waals surface area contributed by atoms with Gasteiger partial charge in [0.1, 0.15) is 5.78 Å². The molecule has 2 heterocycles. The number of rotatable bonds is 2. The molecule has 3 rings (SSSR count). The zero-order chi connectivity index (χ0) is 26.0. The number of nitrogens with one attached hydrogen (secondary N) is 1. The van der Waals surface area contributed by atoms with Crippen molar-refractivity contribution >= 4 is 23.3 Å². The van der Waals surface area contributed by atoms with Crippen molar-refractivity contribution < 1.29 is 34.1 Å². The normalized spacial score (nSPS) is 36.5. The molecular weight excluding hydrogens is 450 g/mol. The van der Waals surface area contributed by atoms with Gasteiger partial charge in [-0.05, 0) is 37.8 Å². The molecule has 194 valence electrons. The second kappa shape index (κ2) is 10.8. The molecule has 35 heavy (non-hydrogen) atoms. The van der Waals surface area contributed by atoms with Crippen LogP contribution in [0.4, 0.5) is 5.69 Å². The van der Waals surface area contributed by atoms with Gasteiger partial charge in [-0.15, -0.1) is 0 Å². The number of aliphatic hydroxyl groups excluding tert-OH is 2. The molecule has 2 fully saturated rings. The quantitative estimate of drug-likeness (QED) is 0.430. The van der Waals surface area contributed by atoms with Crippen molar-refractivity contribution in [3.8, 4) is 0 Å². The zero-order valence-electron chi connectivity index (χ0n) is 21.3. The number of benzene rings is 1. The lowest BCUT2D eigenvalue weighted by molar-refractivity contribution is -0.159. The fraction of sp³-hybridized carbons (Fsp3) is 0.667. The van der Waals surface area contributed by atoms with Crippen LogP contribution >= 0.6 is 0 Å². The number of epoxide rings is 1. The SMILES string of the molecule is C[C@@H]1CCC[C@]2(C)O[C@H]2C[C@H](C(=O)Nc2ccccc2)OC(=O)C[C@@H](O)C(C)(C)C(=O)[C@@H](C)[C@@H]1O. The molecule has 1 aromatic rings. The summed E-state index contributed by atoms with van der Waals surface area (Å²) < 4.78 is 11.5. The Morgan fingerprint density at radius 1 is 1.09 bits per heavy atom. The Labute approximate surface area is 207 Å². The van der Waals surface area contributed by atoms with Gasteiger partial charge in [0.2, 0.25) is 0 Å². The van der Waals surface area contributed by atoms with Crippen molar-refractivity contribution in [1.82, 2.24) is 0 Å². The molecule has 0 spiro atoms. The molecule has 7 atom stereocenters. The summed E-state index contributed by atoms with van der Waals surface area (Å²) in [5.74, 6) is -2.39. The molecule has 3 N–H and O–H groups in total. The van der Waals surface area contributed by atoms with Crippen LogP contribution in [0.25, 0.3) is 0 Å². The van der Waals surface area contributed by atoms with E-state index in [4.69, 9.17) is 9.47 Å². The van der Waals surface area contributed by atoms with E-state index in [1.807, 2.05) is 19.9 Å². The van der Waals surface area contributed by atoms with Crippen LogP contribution in [0.15, 0.2) is 30.3 Å². The third-order valence-corrected chi connectivity index (χ3v) is 7.74. The Bertz CT molecular complexity index is 917. The van der Waals surface area contributed by atoms with Gasteiger partial charge in [0, 0.05) is 18.0 Å². The van der Waals surface area contributed by atoms with Crippen LogP contribution in [-0.2, 0) is 23.9 Å². The fourth-order valence-electron chi connectivity index (χ4n) is 4.92. The van der Waals surface area contributed by atoms with E-state index in [9.17, 15) is 24.6 Å². The highest BCUT2D eigenvalue weighted by molar-refractivity contribution is 5.95. The Morgan fingerprint density at radius 2 is 1.74 bits per heavy atom. The number of ketones is 1. The van der Waals surface area contributed by atoms with Crippen molar-refractivity contribution in [3.63, 3.8) is 0 Å². The second-order valence-corrected chi connectivity index (χ2v) is 10.9. The lowest BCUT2D eigenvalue weighted by Gasteiger charge is -2.34. The maximum Gasteiger partial charge on any atom is 0.309 e. The molecule has 0 aliphatic carbocycles. The molecule has 0 bridgehead atoms. The summed E-state index contributed by atoms with van der Waals surface area (Å²) in [7, 11) is 0. The Hall–Kier alpha value is -2.29. The topological polar surface area (TPSA) is 125 Å². The van der Waals surface area contributed by atoms with Gasteiger partial charge < -0.3 is 25.0 Å². The monoisotopic (exact) mass is 489 g/mol. The number of para-hydroxylation sites is 1. The molecule has 1 amide bonds. The molecule has 1 aromatic carbocycles. The van der Waals surface area contributed by atoms with E-state index in [1.54, 1.807) is 45.0 Å². The number of esters is 1. The van der Waals surface area contributed by atoms with Crippen molar-refractivity contribution in [2.45, 2.75) is 96.7 Å². The van der Waals surface area contributed by atoms with Crippen LogP contribution in [0.1, 0.15) is 66.7 Å². The first-order valence-corrected chi connectivity index (χ1v) is 12.5. The van der Waals surface area contributed by atoms with E-state index in [0.717, 1.165) is 12.8 Å². The molecule has 8 nitrogen and oxygen atoms in total. The third kappa shape index (κ3) is 6.48. The Kier molecular flexibility index (Phi) is 8.40. The lowest BCUT2D eigenvalue weighted by atomic mass is 9.73. The Balaban J connectivity index is 1.81. The predicted octanol–water partition coefficient (Wildman–Crippen LogP) is 3.25. The first kappa shape index (κ1) is 27.3. The summed E-state index contributed by atoms with van der Waals surface area (Å²) in [4.78, 5) is 39.0. The number of ether oxygens (including phenoxy) is 2. The van der Waals surface area contributed by atoms with E-state index in [2.05, 4.69) is 5.32 Å². The third-order valence-electron chi connectivity index (χ3n) is 7.74. The number of hydrogen-bond acceptors (Lipinski definition) is 7. The molecule has 2 aliphatic rings. The number of fused-ring (bicyclic) bond motifs is 1. The van der Waals surface area contributed by atoms with Crippen molar-refractivity contribution in [2.24, 2.45) is 17.3 Å². The summed E-state index contributed by atoms with van der Waals surface area (Å²) in [6.07, 6.45) is -1.60. The van der Waals surface area contributed by atoms with Crippen LogP contribution in [-0.4, -0.2) is 57.9 Å². The highest BCUT2D eigenvalue weighted by atomic mass is 16.6. The van der Waals surface area contributed by atoms with Crippen LogP contribution < -0.4 is 5.32 Å². The number of hydrogen-bond donors (Lipinski definition) is 3. The standard InChI is InChI=1S/C27H39NO7/c1-16-10-9-13-27(5)21(35-27)14-19(25(33)28-18-11-7-6-8-12-18)34-22(30)15-20(29)26(3,4)24(32)17(2)23(16)31/h6-8,11-12,16-17,19-21,23,29,31H,9-10,13-15H2,1-5H3,(H,28,33)/t16-,17+,19-,20-,21+,23-,27+/m1/s1. The fourth-order valence-corrected chi connectivity index (χ4v) is 4.92. The van der Waals surface area contributed by atoms with Gasteiger partial charge in [0.15, 0.2) is 6.10 Å². The van der Waals surface area contributed by atoms with E-state index in [1.165, 1.54) is 0 Å². The van der Waals surface area contributed by atoms with Gasteiger partial charge in [-0.2, -0.15) is 0 Å². The number of cyclic esters (lactones) is 1. The minimum absolute atomic E-state index is 0.120. The minimum Gasteiger partial charge on any atom is -0.452 e. The van der Waals surface area contributed by atoms with Crippen LogP contribution in [0.3, 0.4) is 0 Å². The number of carbonyl (C=O) groups is 3. The summed E-state index contributed by atoms with van der Waals surface area (Å²) in [6.45, 7) is 8.66. The molecule has 2 aliphatic heterocycles. The van der Waals surface area contributed by atoms with Crippen molar-refractivity contribution in [1.29, 1.82) is 0 Å². The molecular formula is C27H39NO7. The van der Waals surface area contributed by atoms with Crippen molar-refractivity contribution in [2.75, 3.05) is 5.32 Å². The zero-order valence-corrected chi connectivity index (χ0v) is 21.3. The minimum atomic E-state index is -1.33. The largest absolute Gasteiger partial charge is 0.452 e. The maximum atomic E-state index is 13.2. The predicted molar refractivity (Wildman–Crippen MR) is 130 cm³/mol. The summed E-state index contributed by atoms with van der Waals surface area (Å²) in [5, 5.41) is 24.3. The number of Topliss-reactive ketones (excluding diaryl/α,β-unsaturated/α-hetero) is 1. The van der Waals surface area contributed by atoms with Gasteiger partial charge in [-0.1, -0.05) is 52.3 Å². The molecule has 8 heteroatoms. The van der Waals surface area contributed by atoms with Gasteiger partial charge >= 0.3 is 5.97 Å². The molecule has 0 saturated carbocycles. The second-order valence-electron chi connectivity index (χ2n) is 10.9. The van der Waals surface area contributed by atoms with Crippen LogP contribution in [0.2, 0.25) is 0 Å². The summed E-state index contributed by atoms with van der Waals surface area (Å²) in [6, 6.07) is 8.88. The lowest BCUT2D eigenvalue weighted by Crippen LogP contribution is -2.46. The molecule has 0 radical (unpaired) electrons. The average molecular weight is 490 g/mol. The molecule has 0 aromatic heterocycles. The van der Waals surface area contributed by atoms with Gasteiger partial charge in [0.05, 0.1) is 35.7 Å². The molecule has 0 unspecified atom stereocenters. The molecule has 2 saturated heterocycles. The number of amides is 1. The number of aliphatic hydroxyl groups is 2. The van der Waals surface area contributed by atoms with E-state index in [0.29, 0.717) is 12.1 Å². The first-order valence-electron chi connectivity index (χ1n) is 12.5. The maximum absolute atomic E-state index is 13.2. The van der Waals surface area contributed by atoms with Gasteiger partial charge in [-0.25, -0.2) is 0 Å². The Morgan fingerprint density at radius 3 is 2.40 bits per heavy atom. The van der Waals surface area contributed by atoms with E-state index in [-0.39, 0.29) is 24.2 Å². The van der Waals surface area contributed by atoms with E-state index < -0.39 is 53.5 Å².